The number of anilines is 1. The zero-order chi connectivity index (χ0) is 15.0. The standard InChI is InChI=1S/C16H19N3O2/c1-19(9-10-6-11(20)7-10)16(21)13-8-15(17)18-14-5-3-2-4-12(13)14/h2-5,8,10-11,20H,6-7,9H2,1H3,(H2,17,18). The minimum absolute atomic E-state index is 0.0540. The van der Waals surface area contributed by atoms with Crippen LogP contribution in [0, 0.1) is 5.92 Å². The molecule has 1 fully saturated rings. The smallest absolute Gasteiger partial charge is 0.254 e. The summed E-state index contributed by atoms with van der Waals surface area (Å²) < 4.78 is 0. The Kier molecular flexibility index (Phi) is 3.51. The number of hydrogen-bond donors (Lipinski definition) is 2. The van der Waals surface area contributed by atoms with Crippen LogP contribution < -0.4 is 5.73 Å². The van der Waals surface area contributed by atoms with Gasteiger partial charge in [-0.3, -0.25) is 4.79 Å². The fourth-order valence-corrected chi connectivity index (χ4v) is 2.90. The van der Waals surface area contributed by atoms with Gasteiger partial charge in [0.05, 0.1) is 17.2 Å². The van der Waals surface area contributed by atoms with E-state index in [2.05, 4.69) is 4.98 Å². The number of amides is 1. The molecule has 1 aromatic heterocycles. The molecule has 1 saturated carbocycles. The highest BCUT2D eigenvalue weighted by Gasteiger charge is 2.29. The van der Waals surface area contributed by atoms with E-state index in [1.807, 2.05) is 24.3 Å². The molecule has 110 valence electrons. The van der Waals surface area contributed by atoms with E-state index >= 15 is 0 Å². The van der Waals surface area contributed by atoms with E-state index < -0.39 is 0 Å². The van der Waals surface area contributed by atoms with Crippen LogP contribution in [0.15, 0.2) is 30.3 Å². The first-order valence-electron chi connectivity index (χ1n) is 7.13. The fourth-order valence-electron chi connectivity index (χ4n) is 2.90. The highest BCUT2D eigenvalue weighted by molar-refractivity contribution is 6.06. The summed E-state index contributed by atoms with van der Waals surface area (Å²) in [6, 6.07) is 9.14. The van der Waals surface area contributed by atoms with Crippen LogP contribution in [0.4, 0.5) is 5.82 Å². The maximum atomic E-state index is 12.6. The van der Waals surface area contributed by atoms with Gasteiger partial charge in [-0.15, -0.1) is 0 Å². The van der Waals surface area contributed by atoms with Crippen molar-refractivity contribution in [3.8, 4) is 0 Å². The number of nitrogen functional groups attached to an aromatic ring is 1. The molecule has 3 N–H and O–H groups in total. The molecule has 0 spiro atoms. The summed E-state index contributed by atoms with van der Waals surface area (Å²) >= 11 is 0. The number of pyridine rings is 1. The molecule has 1 aliphatic carbocycles. The molecule has 0 aliphatic heterocycles. The maximum Gasteiger partial charge on any atom is 0.254 e. The predicted molar refractivity (Wildman–Crippen MR) is 81.8 cm³/mol. The molecule has 1 aliphatic rings. The van der Waals surface area contributed by atoms with Gasteiger partial charge in [0, 0.05) is 19.0 Å². The first-order chi connectivity index (χ1) is 10.0. The summed E-state index contributed by atoms with van der Waals surface area (Å²) in [7, 11) is 1.79. The van der Waals surface area contributed by atoms with Gasteiger partial charge in [-0.25, -0.2) is 4.98 Å². The van der Waals surface area contributed by atoms with Gasteiger partial charge in [-0.2, -0.15) is 0 Å². The number of para-hydroxylation sites is 1. The number of aliphatic hydroxyl groups excluding tert-OH is 1. The van der Waals surface area contributed by atoms with Gasteiger partial charge in [0.2, 0.25) is 0 Å². The quantitative estimate of drug-likeness (QED) is 0.899. The molecule has 1 aromatic carbocycles. The maximum absolute atomic E-state index is 12.6. The Balaban J connectivity index is 1.86. The number of carbonyl (C=O) groups excluding carboxylic acids is 1. The van der Waals surface area contributed by atoms with Crippen LogP contribution in [0.5, 0.6) is 0 Å². The fraction of sp³-hybridized carbons (Fsp3) is 0.375. The minimum Gasteiger partial charge on any atom is -0.393 e. The minimum atomic E-state index is -0.198. The summed E-state index contributed by atoms with van der Waals surface area (Å²) in [6.07, 6.45) is 1.35. The molecule has 2 aromatic rings. The number of aromatic nitrogens is 1. The van der Waals surface area contributed by atoms with Gasteiger partial charge in [-0.1, -0.05) is 18.2 Å². The number of nitrogens with two attached hydrogens (primary N) is 1. The van der Waals surface area contributed by atoms with Crippen molar-refractivity contribution in [3.63, 3.8) is 0 Å². The molecule has 0 bridgehead atoms. The summed E-state index contributed by atoms with van der Waals surface area (Å²) in [5.74, 6) is 0.686. The molecule has 21 heavy (non-hydrogen) atoms. The summed E-state index contributed by atoms with van der Waals surface area (Å²) in [5, 5.41) is 10.2. The summed E-state index contributed by atoms with van der Waals surface area (Å²) in [6.45, 7) is 0.659. The van der Waals surface area contributed by atoms with E-state index in [9.17, 15) is 9.90 Å². The number of hydrogen-bond acceptors (Lipinski definition) is 4. The van der Waals surface area contributed by atoms with Crippen molar-refractivity contribution in [3.05, 3.63) is 35.9 Å². The van der Waals surface area contributed by atoms with Crippen molar-refractivity contribution in [2.45, 2.75) is 18.9 Å². The monoisotopic (exact) mass is 285 g/mol. The van der Waals surface area contributed by atoms with Crippen LogP contribution in [0.3, 0.4) is 0 Å². The van der Waals surface area contributed by atoms with Crippen LogP contribution in [0.2, 0.25) is 0 Å². The van der Waals surface area contributed by atoms with Crippen LogP contribution >= 0.6 is 0 Å². The van der Waals surface area contributed by atoms with E-state index in [0.717, 1.165) is 23.7 Å². The molecule has 0 atom stereocenters. The van der Waals surface area contributed by atoms with Crippen molar-refractivity contribution < 1.29 is 9.90 Å². The lowest BCUT2D eigenvalue weighted by molar-refractivity contribution is 0.0266. The number of carbonyl (C=O) groups is 1. The van der Waals surface area contributed by atoms with Crippen LogP contribution in [0.25, 0.3) is 10.9 Å². The predicted octanol–water partition coefficient (Wildman–Crippen LogP) is 1.66. The number of fused-ring (bicyclic) bond motifs is 1. The number of nitrogens with zero attached hydrogens (tertiary/aromatic N) is 2. The van der Waals surface area contributed by atoms with Crippen molar-refractivity contribution >= 4 is 22.6 Å². The summed E-state index contributed by atoms with van der Waals surface area (Å²) in [5.41, 5.74) is 7.12. The van der Waals surface area contributed by atoms with Gasteiger partial charge >= 0.3 is 0 Å². The van der Waals surface area contributed by atoms with Crippen molar-refractivity contribution in [2.24, 2.45) is 5.92 Å². The first kappa shape index (κ1) is 13.8. The van der Waals surface area contributed by atoms with Crippen LogP contribution in [-0.2, 0) is 0 Å². The van der Waals surface area contributed by atoms with Crippen molar-refractivity contribution in [1.29, 1.82) is 0 Å². The normalized spacial score (nSPS) is 21.0. The Bertz CT molecular complexity index is 680. The Morgan fingerprint density at radius 3 is 2.86 bits per heavy atom. The lowest BCUT2D eigenvalue weighted by atomic mass is 9.82. The third kappa shape index (κ3) is 2.69. The third-order valence-corrected chi connectivity index (χ3v) is 4.06. The Morgan fingerprint density at radius 2 is 2.14 bits per heavy atom. The van der Waals surface area contributed by atoms with Gasteiger partial charge < -0.3 is 15.7 Å². The highest BCUT2D eigenvalue weighted by atomic mass is 16.3. The third-order valence-electron chi connectivity index (χ3n) is 4.06. The number of benzene rings is 1. The summed E-state index contributed by atoms with van der Waals surface area (Å²) in [4.78, 5) is 18.6. The van der Waals surface area contributed by atoms with E-state index in [1.165, 1.54) is 0 Å². The number of aliphatic hydroxyl groups is 1. The molecule has 3 rings (SSSR count). The lowest BCUT2D eigenvalue weighted by Gasteiger charge is -2.34. The highest BCUT2D eigenvalue weighted by Crippen LogP contribution is 2.28. The second-order valence-corrected chi connectivity index (χ2v) is 5.79. The average molecular weight is 285 g/mol. The van der Waals surface area contributed by atoms with E-state index in [-0.39, 0.29) is 12.0 Å². The van der Waals surface area contributed by atoms with Crippen LogP contribution in [-0.4, -0.2) is 40.6 Å². The largest absolute Gasteiger partial charge is 0.393 e. The van der Waals surface area contributed by atoms with Crippen molar-refractivity contribution in [2.75, 3.05) is 19.3 Å². The second kappa shape index (κ2) is 5.33. The molecule has 5 heteroatoms. The van der Waals surface area contributed by atoms with Gasteiger partial charge in [0.1, 0.15) is 5.82 Å². The van der Waals surface area contributed by atoms with Gasteiger partial charge in [0.25, 0.3) is 5.91 Å². The molecule has 1 heterocycles. The van der Waals surface area contributed by atoms with E-state index in [0.29, 0.717) is 23.8 Å². The molecule has 0 radical (unpaired) electrons. The Labute approximate surface area is 123 Å². The first-order valence-corrected chi connectivity index (χ1v) is 7.13. The second-order valence-electron chi connectivity index (χ2n) is 5.79. The topological polar surface area (TPSA) is 79.5 Å². The zero-order valence-corrected chi connectivity index (χ0v) is 12.0. The molecular formula is C16H19N3O2. The molecule has 5 nitrogen and oxygen atoms in total. The van der Waals surface area contributed by atoms with Gasteiger partial charge in [0.15, 0.2) is 0 Å². The molecule has 0 saturated heterocycles. The van der Waals surface area contributed by atoms with Crippen molar-refractivity contribution in [1.82, 2.24) is 9.88 Å². The zero-order valence-electron chi connectivity index (χ0n) is 12.0. The lowest BCUT2D eigenvalue weighted by Crippen LogP contribution is -2.39. The Hall–Kier alpha value is -2.14. The molecular weight excluding hydrogens is 266 g/mol. The molecule has 1 amide bonds. The van der Waals surface area contributed by atoms with E-state index in [4.69, 9.17) is 5.73 Å². The SMILES string of the molecule is CN(CC1CC(O)C1)C(=O)c1cc(N)nc2ccccc12. The van der Waals surface area contributed by atoms with E-state index in [1.54, 1.807) is 18.0 Å². The number of rotatable bonds is 3. The van der Waals surface area contributed by atoms with Crippen LogP contribution in [0.1, 0.15) is 23.2 Å². The molecule has 0 unspecified atom stereocenters. The van der Waals surface area contributed by atoms with Gasteiger partial charge in [-0.05, 0) is 30.9 Å². The Morgan fingerprint density at radius 1 is 1.43 bits per heavy atom. The average Bonchev–Trinajstić information content (AvgIpc) is 2.43.